The average Bonchev–Trinajstić information content (AvgIpc) is 2.41. The number of benzene rings is 1. The van der Waals surface area contributed by atoms with E-state index in [1.807, 2.05) is 24.3 Å². The molecule has 2 N–H and O–H groups in total. The Hall–Kier alpha value is -1.55. The van der Waals surface area contributed by atoms with Gasteiger partial charge in [-0.15, -0.1) is 0 Å². The van der Waals surface area contributed by atoms with Crippen molar-refractivity contribution in [3.8, 4) is 5.75 Å². The molecule has 4 heteroatoms. The van der Waals surface area contributed by atoms with Crippen LogP contribution in [0.5, 0.6) is 5.75 Å². The summed E-state index contributed by atoms with van der Waals surface area (Å²) < 4.78 is 5.28. The van der Waals surface area contributed by atoms with Gasteiger partial charge in [0.15, 0.2) is 0 Å². The van der Waals surface area contributed by atoms with E-state index in [1.165, 1.54) is 0 Å². The number of carbonyl (C=O) groups excluding carboxylic acids is 1. The molecule has 0 aliphatic carbocycles. The zero-order valence-corrected chi connectivity index (χ0v) is 12.0. The Morgan fingerprint density at radius 2 is 2.05 bits per heavy atom. The third-order valence-corrected chi connectivity index (χ3v) is 2.76. The molecule has 19 heavy (non-hydrogen) atoms. The molecule has 1 aromatic carbocycles. The number of carbonyl (C=O) groups is 1. The van der Waals surface area contributed by atoms with Gasteiger partial charge < -0.3 is 15.4 Å². The maximum Gasteiger partial charge on any atom is 0.233 e. The molecule has 0 bridgehead atoms. The summed E-state index contributed by atoms with van der Waals surface area (Å²) in [7, 11) is 1.67. The molecule has 0 saturated carbocycles. The number of para-hydroxylation sites is 1. The van der Waals surface area contributed by atoms with Gasteiger partial charge >= 0.3 is 0 Å². The topological polar surface area (TPSA) is 50.4 Å². The van der Waals surface area contributed by atoms with Crippen LogP contribution in [0.15, 0.2) is 24.3 Å². The van der Waals surface area contributed by atoms with Crippen LogP contribution in [0, 0.1) is 5.92 Å². The maximum absolute atomic E-state index is 11.5. The molecule has 0 aromatic heterocycles. The quantitative estimate of drug-likeness (QED) is 0.701. The molecule has 0 heterocycles. The average molecular weight is 264 g/mol. The number of hydrogen-bond acceptors (Lipinski definition) is 3. The molecule has 0 saturated heterocycles. The first-order valence-electron chi connectivity index (χ1n) is 6.72. The van der Waals surface area contributed by atoms with Crippen LogP contribution in [-0.4, -0.2) is 32.7 Å². The van der Waals surface area contributed by atoms with Crippen molar-refractivity contribution in [3.05, 3.63) is 29.8 Å². The number of nitrogens with one attached hydrogen (secondary N) is 2. The van der Waals surface area contributed by atoms with Crippen molar-refractivity contribution in [2.24, 2.45) is 5.92 Å². The fraction of sp³-hybridized carbons (Fsp3) is 0.533. The second-order valence-corrected chi connectivity index (χ2v) is 4.94. The van der Waals surface area contributed by atoms with E-state index in [2.05, 4.69) is 24.5 Å². The first-order valence-corrected chi connectivity index (χ1v) is 6.72. The standard InChI is InChI=1S/C15H24N2O2/c1-12(2)10-17-15(18)11-16-9-8-13-6-4-5-7-14(13)19-3/h4-7,12,16H,8-11H2,1-3H3,(H,17,18). The van der Waals surface area contributed by atoms with Crippen molar-refractivity contribution in [1.29, 1.82) is 0 Å². The summed E-state index contributed by atoms with van der Waals surface area (Å²) in [6.45, 7) is 6.01. The van der Waals surface area contributed by atoms with Crippen molar-refractivity contribution >= 4 is 5.91 Å². The summed E-state index contributed by atoms with van der Waals surface area (Å²) >= 11 is 0. The van der Waals surface area contributed by atoms with E-state index >= 15 is 0 Å². The first kappa shape index (κ1) is 15.5. The first-order chi connectivity index (χ1) is 9.13. The smallest absolute Gasteiger partial charge is 0.233 e. The second-order valence-electron chi connectivity index (χ2n) is 4.94. The summed E-state index contributed by atoms with van der Waals surface area (Å²) in [5.74, 6) is 1.43. The maximum atomic E-state index is 11.5. The highest BCUT2D eigenvalue weighted by molar-refractivity contribution is 5.77. The van der Waals surface area contributed by atoms with Gasteiger partial charge in [-0.3, -0.25) is 4.79 Å². The molecular formula is C15H24N2O2. The summed E-state index contributed by atoms with van der Waals surface area (Å²) in [6, 6.07) is 7.94. The van der Waals surface area contributed by atoms with Crippen LogP contribution in [0.3, 0.4) is 0 Å². The van der Waals surface area contributed by atoms with Crippen LogP contribution in [0.4, 0.5) is 0 Å². The van der Waals surface area contributed by atoms with Gasteiger partial charge in [0.1, 0.15) is 5.75 Å². The highest BCUT2D eigenvalue weighted by Crippen LogP contribution is 2.16. The number of amides is 1. The van der Waals surface area contributed by atoms with Gasteiger partial charge in [-0.25, -0.2) is 0 Å². The molecule has 1 aromatic rings. The number of rotatable bonds is 8. The Kier molecular flexibility index (Phi) is 6.97. The minimum absolute atomic E-state index is 0.0497. The normalized spacial score (nSPS) is 10.5. The Labute approximate surface area is 115 Å². The highest BCUT2D eigenvalue weighted by atomic mass is 16.5. The van der Waals surface area contributed by atoms with Crippen molar-refractivity contribution in [1.82, 2.24) is 10.6 Å². The lowest BCUT2D eigenvalue weighted by molar-refractivity contribution is -0.120. The third-order valence-electron chi connectivity index (χ3n) is 2.76. The van der Waals surface area contributed by atoms with Gasteiger partial charge in [0.05, 0.1) is 13.7 Å². The minimum Gasteiger partial charge on any atom is -0.496 e. The Bertz CT molecular complexity index is 391. The predicted octanol–water partition coefficient (Wildman–Crippen LogP) is 1.60. The van der Waals surface area contributed by atoms with Gasteiger partial charge in [-0.2, -0.15) is 0 Å². The Morgan fingerprint density at radius 1 is 1.32 bits per heavy atom. The van der Waals surface area contributed by atoms with Gasteiger partial charge in [0.2, 0.25) is 5.91 Å². The van der Waals surface area contributed by atoms with Gasteiger partial charge in [-0.1, -0.05) is 32.0 Å². The van der Waals surface area contributed by atoms with Crippen LogP contribution in [0.1, 0.15) is 19.4 Å². The van der Waals surface area contributed by atoms with Crippen molar-refractivity contribution in [2.45, 2.75) is 20.3 Å². The fourth-order valence-electron chi connectivity index (χ4n) is 1.71. The predicted molar refractivity (Wildman–Crippen MR) is 77.4 cm³/mol. The molecule has 4 nitrogen and oxygen atoms in total. The lowest BCUT2D eigenvalue weighted by Gasteiger charge is -2.10. The van der Waals surface area contributed by atoms with Crippen molar-refractivity contribution in [2.75, 3.05) is 26.7 Å². The van der Waals surface area contributed by atoms with E-state index in [4.69, 9.17) is 4.74 Å². The summed E-state index contributed by atoms with van der Waals surface area (Å²) in [4.78, 5) is 11.5. The Morgan fingerprint density at radius 3 is 2.74 bits per heavy atom. The van der Waals surface area contributed by atoms with Crippen molar-refractivity contribution < 1.29 is 9.53 Å². The van der Waals surface area contributed by atoms with E-state index in [-0.39, 0.29) is 5.91 Å². The van der Waals surface area contributed by atoms with Gasteiger partial charge in [0, 0.05) is 6.54 Å². The SMILES string of the molecule is COc1ccccc1CCNCC(=O)NCC(C)C. The molecule has 0 aliphatic rings. The lowest BCUT2D eigenvalue weighted by Crippen LogP contribution is -2.36. The van der Waals surface area contributed by atoms with Crippen LogP contribution < -0.4 is 15.4 Å². The zero-order valence-electron chi connectivity index (χ0n) is 12.0. The van der Waals surface area contributed by atoms with E-state index in [9.17, 15) is 4.79 Å². The molecule has 0 atom stereocenters. The van der Waals surface area contributed by atoms with Crippen LogP contribution in [0.25, 0.3) is 0 Å². The molecule has 1 rings (SSSR count). The molecule has 106 valence electrons. The van der Waals surface area contributed by atoms with Crippen LogP contribution in [0.2, 0.25) is 0 Å². The number of hydrogen-bond donors (Lipinski definition) is 2. The molecule has 0 unspecified atom stereocenters. The molecule has 0 radical (unpaired) electrons. The molecule has 0 fully saturated rings. The third kappa shape index (κ3) is 6.25. The number of methoxy groups -OCH3 is 1. The fourth-order valence-corrected chi connectivity index (χ4v) is 1.71. The van der Waals surface area contributed by atoms with E-state index in [0.29, 0.717) is 12.5 Å². The zero-order chi connectivity index (χ0) is 14.1. The molecular weight excluding hydrogens is 240 g/mol. The summed E-state index contributed by atoms with van der Waals surface area (Å²) in [5.41, 5.74) is 1.15. The van der Waals surface area contributed by atoms with E-state index < -0.39 is 0 Å². The van der Waals surface area contributed by atoms with Gasteiger partial charge in [0.25, 0.3) is 0 Å². The van der Waals surface area contributed by atoms with Crippen LogP contribution >= 0.6 is 0 Å². The minimum atomic E-state index is 0.0497. The van der Waals surface area contributed by atoms with E-state index in [0.717, 1.165) is 30.8 Å². The molecule has 0 spiro atoms. The van der Waals surface area contributed by atoms with E-state index in [1.54, 1.807) is 7.11 Å². The Balaban J connectivity index is 2.22. The monoisotopic (exact) mass is 264 g/mol. The second kappa shape index (κ2) is 8.53. The molecule has 1 amide bonds. The summed E-state index contributed by atoms with van der Waals surface area (Å²) in [5, 5.41) is 6.02. The highest BCUT2D eigenvalue weighted by Gasteiger charge is 2.03. The largest absolute Gasteiger partial charge is 0.496 e. The number of ether oxygens (including phenoxy) is 1. The van der Waals surface area contributed by atoms with Gasteiger partial charge in [-0.05, 0) is 30.5 Å². The van der Waals surface area contributed by atoms with Crippen LogP contribution in [-0.2, 0) is 11.2 Å². The summed E-state index contributed by atoms with van der Waals surface area (Å²) in [6.07, 6.45) is 0.849. The molecule has 0 aliphatic heterocycles. The lowest BCUT2D eigenvalue weighted by atomic mass is 10.1. The van der Waals surface area contributed by atoms with Crippen molar-refractivity contribution in [3.63, 3.8) is 0 Å².